The molecule has 0 spiro atoms. The second kappa shape index (κ2) is 6.11. The molecule has 1 atom stereocenters. The normalized spacial score (nSPS) is 12.8. The number of halogens is 2. The van der Waals surface area contributed by atoms with Crippen LogP contribution in [0.3, 0.4) is 0 Å². The van der Waals surface area contributed by atoms with Gasteiger partial charge in [0.15, 0.2) is 0 Å². The van der Waals surface area contributed by atoms with E-state index >= 15 is 0 Å². The largest absolute Gasteiger partial charge is 0.390 e. The molecule has 0 aliphatic rings. The SMILES string of the molecule is OC(CBr)COCc1ccccc1F. The van der Waals surface area contributed by atoms with Crippen LogP contribution in [0.2, 0.25) is 0 Å². The molecular weight excluding hydrogens is 251 g/mol. The van der Waals surface area contributed by atoms with Crippen molar-refractivity contribution >= 4 is 15.9 Å². The fraction of sp³-hybridized carbons (Fsp3) is 0.400. The number of alkyl halides is 1. The highest BCUT2D eigenvalue weighted by molar-refractivity contribution is 9.09. The van der Waals surface area contributed by atoms with Gasteiger partial charge in [-0.25, -0.2) is 4.39 Å². The molecule has 2 nitrogen and oxygen atoms in total. The zero-order valence-corrected chi connectivity index (χ0v) is 9.21. The summed E-state index contributed by atoms with van der Waals surface area (Å²) in [6, 6.07) is 6.43. The lowest BCUT2D eigenvalue weighted by molar-refractivity contribution is 0.0392. The van der Waals surface area contributed by atoms with Gasteiger partial charge in [0.1, 0.15) is 5.82 Å². The van der Waals surface area contributed by atoms with Crippen molar-refractivity contribution in [2.75, 3.05) is 11.9 Å². The maximum Gasteiger partial charge on any atom is 0.128 e. The fourth-order valence-corrected chi connectivity index (χ4v) is 1.15. The molecule has 0 amide bonds. The molecule has 1 aromatic rings. The summed E-state index contributed by atoms with van der Waals surface area (Å²) in [5.74, 6) is -0.277. The highest BCUT2D eigenvalue weighted by Crippen LogP contribution is 2.07. The Hall–Kier alpha value is -0.450. The number of hydrogen-bond donors (Lipinski definition) is 1. The molecule has 0 aliphatic carbocycles. The van der Waals surface area contributed by atoms with Gasteiger partial charge in [-0.1, -0.05) is 34.1 Å². The Morgan fingerprint density at radius 1 is 1.43 bits per heavy atom. The Bertz CT molecular complexity index is 281. The molecule has 4 heteroatoms. The molecule has 0 aromatic heterocycles. The van der Waals surface area contributed by atoms with Gasteiger partial charge in [0.05, 0.1) is 19.3 Å². The van der Waals surface area contributed by atoms with Gasteiger partial charge in [-0.05, 0) is 6.07 Å². The van der Waals surface area contributed by atoms with E-state index in [-0.39, 0.29) is 19.0 Å². The summed E-state index contributed by atoms with van der Waals surface area (Å²) in [6.45, 7) is 0.399. The van der Waals surface area contributed by atoms with Crippen LogP contribution in [0.1, 0.15) is 5.56 Å². The third kappa shape index (κ3) is 3.74. The Kier molecular flexibility index (Phi) is 5.07. The average molecular weight is 263 g/mol. The van der Waals surface area contributed by atoms with Crippen LogP contribution in [0.5, 0.6) is 0 Å². The van der Waals surface area contributed by atoms with Crippen molar-refractivity contribution in [2.24, 2.45) is 0 Å². The zero-order valence-electron chi connectivity index (χ0n) is 7.62. The van der Waals surface area contributed by atoms with Gasteiger partial charge < -0.3 is 9.84 Å². The zero-order chi connectivity index (χ0) is 10.4. The van der Waals surface area contributed by atoms with Crippen LogP contribution >= 0.6 is 15.9 Å². The van der Waals surface area contributed by atoms with Crippen molar-refractivity contribution < 1.29 is 14.2 Å². The lowest BCUT2D eigenvalue weighted by Crippen LogP contribution is -2.16. The van der Waals surface area contributed by atoms with E-state index in [2.05, 4.69) is 15.9 Å². The molecule has 1 rings (SSSR count). The molecule has 0 saturated carbocycles. The Morgan fingerprint density at radius 2 is 2.14 bits per heavy atom. The first-order chi connectivity index (χ1) is 6.74. The van der Waals surface area contributed by atoms with Gasteiger partial charge in [0.25, 0.3) is 0 Å². The molecule has 14 heavy (non-hydrogen) atoms. The van der Waals surface area contributed by atoms with Crippen LogP contribution in [0, 0.1) is 5.82 Å². The van der Waals surface area contributed by atoms with E-state index in [4.69, 9.17) is 9.84 Å². The maximum atomic E-state index is 13.0. The molecule has 1 aromatic carbocycles. The third-order valence-electron chi connectivity index (χ3n) is 1.70. The Balaban J connectivity index is 2.35. The summed E-state index contributed by atoms with van der Waals surface area (Å²) in [4.78, 5) is 0. The number of rotatable bonds is 5. The van der Waals surface area contributed by atoms with Crippen LogP contribution in [-0.4, -0.2) is 23.1 Å². The number of ether oxygens (including phenoxy) is 1. The molecule has 0 aliphatic heterocycles. The number of aliphatic hydroxyl groups excluding tert-OH is 1. The Morgan fingerprint density at radius 3 is 2.79 bits per heavy atom. The smallest absolute Gasteiger partial charge is 0.128 e. The van der Waals surface area contributed by atoms with E-state index in [0.717, 1.165) is 0 Å². The van der Waals surface area contributed by atoms with Crippen molar-refractivity contribution in [1.82, 2.24) is 0 Å². The lowest BCUT2D eigenvalue weighted by atomic mass is 10.2. The van der Waals surface area contributed by atoms with E-state index in [1.807, 2.05) is 0 Å². The lowest BCUT2D eigenvalue weighted by Gasteiger charge is -2.08. The molecule has 1 unspecified atom stereocenters. The number of hydrogen-bond acceptors (Lipinski definition) is 2. The molecule has 78 valence electrons. The second-order valence-corrected chi connectivity index (χ2v) is 3.56. The second-order valence-electron chi connectivity index (χ2n) is 2.91. The van der Waals surface area contributed by atoms with Crippen molar-refractivity contribution in [3.63, 3.8) is 0 Å². The first kappa shape index (κ1) is 11.6. The van der Waals surface area contributed by atoms with Crippen LogP contribution < -0.4 is 0 Å². The predicted molar refractivity (Wildman–Crippen MR) is 55.9 cm³/mol. The quantitative estimate of drug-likeness (QED) is 0.824. The van der Waals surface area contributed by atoms with Gasteiger partial charge in [-0.2, -0.15) is 0 Å². The van der Waals surface area contributed by atoms with E-state index in [1.165, 1.54) is 6.07 Å². The van der Waals surface area contributed by atoms with Gasteiger partial charge in [0, 0.05) is 10.9 Å². The standard InChI is InChI=1S/C10H12BrFO2/c11-5-9(13)7-14-6-8-3-1-2-4-10(8)12/h1-4,9,13H,5-7H2. The molecule has 0 bridgehead atoms. The van der Waals surface area contributed by atoms with E-state index < -0.39 is 6.10 Å². The van der Waals surface area contributed by atoms with Crippen LogP contribution in [0.4, 0.5) is 4.39 Å². The minimum atomic E-state index is -0.540. The third-order valence-corrected chi connectivity index (χ3v) is 2.45. The fourth-order valence-electron chi connectivity index (χ4n) is 0.965. The van der Waals surface area contributed by atoms with Gasteiger partial charge in [0.2, 0.25) is 0 Å². The van der Waals surface area contributed by atoms with Gasteiger partial charge >= 0.3 is 0 Å². The van der Waals surface area contributed by atoms with Gasteiger partial charge in [-0.3, -0.25) is 0 Å². The first-order valence-corrected chi connectivity index (χ1v) is 5.41. The van der Waals surface area contributed by atoms with Crippen molar-refractivity contribution in [2.45, 2.75) is 12.7 Å². The van der Waals surface area contributed by atoms with Crippen molar-refractivity contribution in [3.8, 4) is 0 Å². The summed E-state index contributed by atoms with van der Waals surface area (Å²) >= 11 is 3.11. The summed E-state index contributed by atoms with van der Waals surface area (Å²) in [5.41, 5.74) is 0.509. The monoisotopic (exact) mass is 262 g/mol. The minimum Gasteiger partial charge on any atom is -0.390 e. The molecule has 0 fully saturated rings. The van der Waals surface area contributed by atoms with Crippen molar-refractivity contribution in [3.05, 3.63) is 35.6 Å². The number of aliphatic hydroxyl groups is 1. The molecule has 0 saturated heterocycles. The molecule has 1 N–H and O–H groups in total. The highest BCUT2D eigenvalue weighted by Gasteiger charge is 2.03. The summed E-state index contributed by atoms with van der Waals surface area (Å²) in [7, 11) is 0. The van der Waals surface area contributed by atoms with Gasteiger partial charge in [-0.15, -0.1) is 0 Å². The summed E-state index contributed by atoms with van der Waals surface area (Å²) in [6.07, 6.45) is -0.540. The Labute approximate surface area is 90.8 Å². The van der Waals surface area contributed by atoms with E-state index in [1.54, 1.807) is 18.2 Å². The topological polar surface area (TPSA) is 29.5 Å². The van der Waals surface area contributed by atoms with Crippen LogP contribution in [0.15, 0.2) is 24.3 Å². The van der Waals surface area contributed by atoms with E-state index in [0.29, 0.717) is 10.9 Å². The van der Waals surface area contributed by atoms with Crippen molar-refractivity contribution in [1.29, 1.82) is 0 Å². The predicted octanol–water partition coefficient (Wildman–Crippen LogP) is 2.10. The van der Waals surface area contributed by atoms with E-state index in [9.17, 15) is 4.39 Å². The summed E-state index contributed by atoms with van der Waals surface area (Å²) in [5, 5.41) is 9.60. The molecular formula is C10H12BrFO2. The maximum absolute atomic E-state index is 13.0. The summed E-state index contributed by atoms with van der Waals surface area (Å²) < 4.78 is 18.2. The molecule has 0 heterocycles. The van der Waals surface area contributed by atoms with Crippen LogP contribution in [0.25, 0.3) is 0 Å². The average Bonchev–Trinajstić information content (AvgIpc) is 2.20. The highest BCUT2D eigenvalue weighted by atomic mass is 79.9. The first-order valence-electron chi connectivity index (χ1n) is 4.29. The number of benzene rings is 1. The minimum absolute atomic E-state index is 0.191. The molecule has 0 radical (unpaired) electrons. The van der Waals surface area contributed by atoms with Crippen LogP contribution in [-0.2, 0) is 11.3 Å².